The van der Waals surface area contributed by atoms with Crippen LogP contribution in [-0.4, -0.2) is 85.3 Å². The van der Waals surface area contributed by atoms with E-state index in [-0.39, 0.29) is 6.61 Å². The highest BCUT2D eigenvalue weighted by Crippen LogP contribution is 2.30. The average molecular weight is 604 g/mol. The van der Waals surface area contributed by atoms with Crippen LogP contribution in [0.1, 0.15) is 19.3 Å². The number of aliphatic hydroxyl groups excluding tert-OH is 2. The number of aliphatic hydroxyl groups is 2. The molecule has 0 spiro atoms. The van der Waals surface area contributed by atoms with Crippen molar-refractivity contribution in [3.05, 3.63) is 67.1 Å². The molecule has 6 aromatic rings. The molecule has 6 aromatic heterocycles. The monoisotopic (exact) mass is 603 g/mol. The van der Waals surface area contributed by atoms with Crippen molar-refractivity contribution in [2.24, 2.45) is 25.9 Å². The van der Waals surface area contributed by atoms with Gasteiger partial charge in [0.1, 0.15) is 23.7 Å². The van der Waals surface area contributed by atoms with Crippen LogP contribution in [0, 0.1) is 11.8 Å². The van der Waals surface area contributed by atoms with Gasteiger partial charge in [-0.25, -0.2) is 19.0 Å². The zero-order chi connectivity index (χ0) is 29.9. The molecule has 2 fully saturated rings. The molecule has 0 atom stereocenters. The smallest absolute Gasteiger partial charge is 0.156 e. The van der Waals surface area contributed by atoms with Gasteiger partial charge in [-0.2, -0.15) is 20.4 Å². The SMILES string of the molecule is Cn1cc(-c2cc3c(Cl)ncnn3c2)cn1.Cn1cc(-c2cc3c(N4CC(CO)C4)ncnn3c2)cn1.OCC1CCC1. The normalized spacial score (nSPS) is 15.0. The minimum Gasteiger partial charge on any atom is -0.396 e. The Kier molecular flexibility index (Phi) is 8.36. The van der Waals surface area contributed by atoms with Gasteiger partial charge in [0.25, 0.3) is 0 Å². The molecule has 2 aliphatic rings. The fourth-order valence-corrected chi connectivity index (χ4v) is 5.24. The fraction of sp³-hybridized carbons (Fsp3) is 0.379. The van der Waals surface area contributed by atoms with Gasteiger partial charge in [-0.05, 0) is 30.9 Å². The van der Waals surface area contributed by atoms with Crippen LogP contribution < -0.4 is 4.90 Å². The summed E-state index contributed by atoms with van der Waals surface area (Å²) in [6, 6.07) is 4.03. The molecule has 0 unspecified atom stereocenters. The van der Waals surface area contributed by atoms with Crippen molar-refractivity contribution in [1.82, 2.24) is 48.8 Å². The van der Waals surface area contributed by atoms with Crippen LogP contribution in [0.2, 0.25) is 5.15 Å². The van der Waals surface area contributed by atoms with Crippen LogP contribution in [0.4, 0.5) is 5.82 Å². The predicted octanol–water partition coefficient (Wildman–Crippen LogP) is 3.12. The van der Waals surface area contributed by atoms with E-state index in [9.17, 15) is 0 Å². The molecule has 224 valence electrons. The van der Waals surface area contributed by atoms with Crippen LogP contribution in [-0.2, 0) is 14.1 Å². The van der Waals surface area contributed by atoms with Crippen molar-refractivity contribution < 1.29 is 10.2 Å². The van der Waals surface area contributed by atoms with Crippen molar-refractivity contribution in [2.75, 3.05) is 31.2 Å². The molecule has 0 amide bonds. The molecule has 14 heteroatoms. The lowest BCUT2D eigenvalue weighted by Crippen LogP contribution is -2.49. The van der Waals surface area contributed by atoms with Crippen LogP contribution in [0.25, 0.3) is 33.3 Å². The topological polar surface area (TPSA) is 140 Å². The summed E-state index contributed by atoms with van der Waals surface area (Å²) >= 11 is 5.97. The zero-order valence-corrected chi connectivity index (χ0v) is 24.8. The first-order valence-electron chi connectivity index (χ1n) is 14.2. The second-order valence-electron chi connectivity index (χ2n) is 11.0. The predicted molar refractivity (Wildman–Crippen MR) is 163 cm³/mol. The fourth-order valence-electron chi connectivity index (χ4n) is 5.05. The van der Waals surface area contributed by atoms with Gasteiger partial charge in [0.05, 0.1) is 12.4 Å². The average Bonchev–Trinajstić information content (AvgIpc) is 3.74. The molecule has 0 bridgehead atoms. The van der Waals surface area contributed by atoms with Gasteiger partial charge < -0.3 is 15.1 Å². The number of nitrogens with zero attached hydrogens (tertiary/aromatic N) is 11. The van der Waals surface area contributed by atoms with Gasteiger partial charge in [0.2, 0.25) is 0 Å². The molecule has 1 aliphatic carbocycles. The summed E-state index contributed by atoms with van der Waals surface area (Å²) in [6.07, 6.45) is 18.3. The molecule has 0 radical (unpaired) electrons. The Morgan fingerprint density at radius 2 is 1.28 bits per heavy atom. The minimum atomic E-state index is 0.236. The summed E-state index contributed by atoms with van der Waals surface area (Å²) in [6.45, 7) is 2.34. The minimum absolute atomic E-state index is 0.236. The van der Waals surface area contributed by atoms with E-state index in [0.717, 1.165) is 52.2 Å². The van der Waals surface area contributed by atoms with E-state index >= 15 is 0 Å². The quantitative estimate of drug-likeness (QED) is 0.304. The summed E-state index contributed by atoms with van der Waals surface area (Å²) in [4.78, 5) is 10.5. The third-order valence-electron chi connectivity index (χ3n) is 7.82. The number of aryl methyl sites for hydroxylation is 2. The zero-order valence-electron chi connectivity index (χ0n) is 24.1. The van der Waals surface area contributed by atoms with E-state index in [4.69, 9.17) is 21.8 Å². The van der Waals surface area contributed by atoms with Crippen LogP contribution in [0.15, 0.2) is 62.0 Å². The largest absolute Gasteiger partial charge is 0.396 e. The summed E-state index contributed by atoms with van der Waals surface area (Å²) in [5, 5.41) is 34.7. The van der Waals surface area contributed by atoms with Gasteiger partial charge in [-0.3, -0.25) is 9.36 Å². The Labute approximate surface area is 253 Å². The Hall–Kier alpha value is -4.33. The second kappa shape index (κ2) is 12.5. The number of anilines is 1. The first kappa shape index (κ1) is 28.8. The van der Waals surface area contributed by atoms with Gasteiger partial charge in [0.15, 0.2) is 11.0 Å². The summed E-state index contributed by atoms with van der Waals surface area (Å²) in [5.41, 5.74) is 5.96. The molecular formula is C29H34ClN11O2. The van der Waals surface area contributed by atoms with Gasteiger partial charge in [0, 0.05) is 93.4 Å². The van der Waals surface area contributed by atoms with Crippen LogP contribution in [0.3, 0.4) is 0 Å². The van der Waals surface area contributed by atoms with E-state index in [1.807, 2.05) is 55.7 Å². The highest BCUT2D eigenvalue weighted by molar-refractivity contribution is 6.32. The Morgan fingerprint density at radius 1 is 0.721 bits per heavy atom. The number of fused-ring (bicyclic) bond motifs is 2. The number of aromatic nitrogens is 10. The van der Waals surface area contributed by atoms with Gasteiger partial charge in [-0.15, -0.1) is 0 Å². The van der Waals surface area contributed by atoms with Crippen molar-refractivity contribution >= 4 is 28.5 Å². The third kappa shape index (κ3) is 6.24. The Balaban J connectivity index is 0.000000132. The number of rotatable bonds is 5. The highest BCUT2D eigenvalue weighted by Gasteiger charge is 2.28. The molecule has 43 heavy (non-hydrogen) atoms. The second-order valence-corrected chi connectivity index (χ2v) is 11.3. The lowest BCUT2D eigenvalue weighted by molar-refractivity contribution is 0.163. The van der Waals surface area contributed by atoms with Crippen LogP contribution in [0.5, 0.6) is 0 Å². The van der Waals surface area contributed by atoms with E-state index in [1.54, 1.807) is 26.4 Å². The Morgan fingerprint density at radius 3 is 1.74 bits per heavy atom. The molecule has 1 saturated heterocycles. The summed E-state index contributed by atoms with van der Waals surface area (Å²) in [7, 11) is 3.78. The van der Waals surface area contributed by atoms with Gasteiger partial charge in [-0.1, -0.05) is 18.0 Å². The first-order chi connectivity index (χ1) is 20.9. The highest BCUT2D eigenvalue weighted by atomic mass is 35.5. The molecule has 1 aliphatic heterocycles. The number of hydrogen-bond acceptors (Lipinski definition) is 9. The Bertz CT molecular complexity index is 1810. The standard InChI is InChI=1S/C14H16N6O.C10H8ClN5.C5H10O/c1-18-6-12(3-16-18)11-2-13-14(15-9-17-20(13)7-11)19-4-10(5-19)8-21;1-15-4-8(3-13-15)7-2-9-10(11)12-6-14-16(9)5-7;6-4-5-2-1-3-5/h2-3,6-7,9-10,21H,4-5,8H2,1H3;2-6H,1H3;5-6H,1-4H2. The van der Waals surface area contributed by atoms with Crippen molar-refractivity contribution in [1.29, 1.82) is 0 Å². The third-order valence-corrected chi connectivity index (χ3v) is 8.11. The van der Waals surface area contributed by atoms with Crippen LogP contribution >= 0.6 is 11.6 Å². The molecule has 13 nitrogen and oxygen atoms in total. The molecule has 2 N–H and O–H groups in total. The molecule has 7 heterocycles. The number of hydrogen-bond donors (Lipinski definition) is 2. The van der Waals surface area contributed by atoms with E-state index in [0.29, 0.717) is 23.6 Å². The number of halogens is 1. The lowest BCUT2D eigenvalue weighted by atomic mass is 9.86. The van der Waals surface area contributed by atoms with Gasteiger partial charge >= 0.3 is 0 Å². The summed E-state index contributed by atoms with van der Waals surface area (Å²) < 4.78 is 7.09. The van der Waals surface area contributed by atoms with Crippen molar-refractivity contribution in [3.63, 3.8) is 0 Å². The van der Waals surface area contributed by atoms with Crippen molar-refractivity contribution in [2.45, 2.75) is 19.3 Å². The maximum Gasteiger partial charge on any atom is 0.156 e. The van der Waals surface area contributed by atoms with E-state index in [2.05, 4.69) is 41.3 Å². The molecule has 8 rings (SSSR count). The molecular weight excluding hydrogens is 570 g/mol. The van der Waals surface area contributed by atoms with E-state index in [1.165, 1.54) is 25.6 Å². The van der Waals surface area contributed by atoms with Crippen molar-refractivity contribution in [3.8, 4) is 22.3 Å². The first-order valence-corrected chi connectivity index (χ1v) is 14.6. The molecule has 0 aromatic carbocycles. The summed E-state index contributed by atoms with van der Waals surface area (Å²) in [5.74, 6) is 1.95. The lowest BCUT2D eigenvalue weighted by Gasteiger charge is -2.39. The van der Waals surface area contributed by atoms with E-state index < -0.39 is 0 Å². The maximum absolute atomic E-state index is 9.15. The molecule has 1 saturated carbocycles. The maximum atomic E-state index is 9.15.